The Morgan fingerprint density at radius 3 is 2.48 bits per heavy atom. The lowest BCUT2D eigenvalue weighted by molar-refractivity contribution is 0.0734. The van der Waals surface area contributed by atoms with E-state index in [4.69, 9.17) is 18.6 Å². The van der Waals surface area contributed by atoms with Gasteiger partial charge in [-0.05, 0) is 49.7 Å². The number of rotatable bonds is 6. The fourth-order valence-corrected chi connectivity index (χ4v) is 3.10. The minimum atomic E-state index is -0.657. The Labute approximate surface area is 167 Å². The molecule has 0 amide bonds. The first-order valence-electron chi connectivity index (χ1n) is 9.02. The summed E-state index contributed by atoms with van der Waals surface area (Å²) in [5.41, 5.74) is 1.24. The summed E-state index contributed by atoms with van der Waals surface area (Å²) >= 11 is 0. The van der Waals surface area contributed by atoms with Crippen LogP contribution in [0.3, 0.4) is 0 Å². The molecule has 0 bridgehead atoms. The fourth-order valence-electron chi connectivity index (χ4n) is 3.10. The zero-order valence-electron chi connectivity index (χ0n) is 16.6. The molecular weight excluding hydrogens is 376 g/mol. The number of hydrogen-bond donors (Lipinski definition) is 1. The van der Waals surface area contributed by atoms with Crippen molar-refractivity contribution in [2.45, 2.75) is 26.4 Å². The van der Waals surface area contributed by atoms with E-state index < -0.39 is 17.7 Å². The van der Waals surface area contributed by atoms with Gasteiger partial charge in [0.15, 0.2) is 11.5 Å². The number of aliphatic hydroxyl groups excluding tert-OH is 1. The molecule has 1 aromatic heterocycles. The van der Waals surface area contributed by atoms with Crippen LogP contribution in [0.25, 0.3) is 11.0 Å². The zero-order valence-corrected chi connectivity index (χ0v) is 16.6. The summed E-state index contributed by atoms with van der Waals surface area (Å²) < 4.78 is 21.2. The van der Waals surface area contributed by atoms with Gasteiger partial charge in [0.25, 0.3) is 0 Å². The Morgan fingerprint density at radius 2 is 1.83 bits per heavy atom. The van der Waals surface area contributed by atoms with Crippen molar-refractivity contribution in [1.29, 1.82) is 0 Å². The predicted octanol–water partition coefficient (Wildman–Crippen LogP) is 3.26. The molecule has 152 valence electrons. The second kappa shape index (κ2) is 8.36. The van der Waals surface area contributed by atoms with Crippen molar-refractivity contribution in [1.82, 2.24) is 0 Å². The second-order valence-corrected chi connectivity index (χ2v) is 6.66. The van der Waals surface area contributed by atoms with Crippen LogP contribution in [0.5, 0.6) is 17.2 Å². The highest BCUT2D eigenvalue weighted by Crippen LogP contribution is 2.29. The second-order valence-electron chi connectivity index (χ2n) is 6.66. The highest BCUT2D eigenvalue weighted by molar-refractivity contribution is 5.92. The Kier molecular flexibility index (Phi) is 5.89. The first-order valence-corrected chi connectivity index (χ1v) is 9.02. The van der Waals surface area contributed by atoms with E-state index in [1.165, 1.54) is 26.4 Å². The number of aryl methyl sites for hydroxylation is 1. The summed E-state index contributed by atoms with van der Waals surface area (Å²) in [6.07, 6.45) is -0.448. The highest BCUT2D eigenvalue weighted by atomic mass is 16.5. The molecule has 7 heteroatoms. The van der Waals surface area contributed by atoms with Crippen LogP contribution in [0.2, 0.25) is 0 Å². The summed E-state index contributed by atoms with van der Waals surface area (Å²) in [7, 11) is 2.99. The highest BCUT2D eigenvalue weighted by Gasteiger charge is 2.16. The van der Waals surface area contributed by atoms with Crippen molar-refractivity contribution >= 4 is 16.9 Å². The van der Waals surface area contributed by atoms with E-state index in [2.05, 4.69) is 0 Å². The number of benzene rings is 2. The van der Waals surface area contributed by atoms with Crippen molar-refractivity contribution < 1.29 is 28.5 Å². The van der Waals surface area contributed by atoms with Gasteiger partial charge in [0.1, 0.15) is 11.3 Å². The van der Waals surface area contributed by atoms with E-state index in [0.717, 1.165) is 5.56 Å². The van der Waals surface area contributed by atoms with E-state index in [1.807, 2.05) is 0 Å². The van der Waals surface area contributed by atoms with E-state index in [-0.39, 0.29) is 17.7 Å². The SMILES string of the molecule is COc1ccc(C(=O)Oc2ccc3c(C)c(C[C@H](C)O)c(=O)oc3c2)cc1OC. The molecule has 3 aromatic rings. The third-order valence-corrected chi connectivity index (χ3v) is 4.59. The Bertz CT molecular complexity index is 1110. The Hall–Kier alpha value is -3.32. The van der Waals surface area contributed by atoms with Gasteiger partial charge in [-0.15, -0.1) is 0 Å². The monoisotopic (exact) mass is 398 g/mol. The number of fused-ring (bicyclic) bond motifs is 1. The van der Waals surface area contributed by atoms with Gasteiger partial charge in [-0.2, -0.15) is 0 Å². The molecule has 1 atom stereocenters. The van der Waals surface area contributed by atoms with Crippen molar-refractivity contribution in [2.24, 2.45) is 0 Å². The van der Waals surface area contributed by atoms with Gasteiger partial charge in [-0.1, -0.05) is 0 Å². The van der Waals surface area contributed by atoms with Crippen LogP contribution in [0, 0.1) is 6.92 Å². The number of esters is 1. The molecule has 0 saturated heterocycles. The standard InChI is InChI=1S/C22H22O7/c1-12(23)9-17-13(2)16-7-6-15(11-19(16)29-22(17)25)28-21(24)14-5-8-18(26-3)20(10-14)27-4/h5-8,10-12,23H,9H2,1-4H3/t12-/m0/s1. The summed E-state index contributed by atoms with van der Waals surface area (Å²) in [6.45, 7) is 3.41. The van der Waals surface area contributed by atoms with Crippen LogP contribution in [0.1, 0.15) is 28.4 Å². The van der Waals surface area contributed by atoms with Gasteiger partial charge < -0.3 is 23.7 Å². The number of carbonyl (C=O) groups excluding carboxylic acids is 1. The molecule has 1 heterocycles. The van der Waals surface area contributed by atoms with Gasteiger partial charge >= 0.3 is 11.6 Å². The maximum Gasteiger partial charge on any atom is 0.343 e. The summed E-state index contributed by atoms with van der Waals surface area (Å²) in [4.78, 5) is 24.8. The molecule has 0 radical (unpaired) electrons. The summed E-state index contributed by atoms with van der Waals surface area (Å²) in [5.74, 6) is 0.561. The first-order chi connectivity index (χ1) is 13.8. The summed E-state index contributed by atoms with van der Waals surface area (Å²) in [5, 5.41) is 10.3. The van der Waals surface area contributed by atoms with E-state index >= 15 is 0 Å². The number of hydrogen-bond acceptors (Lipinski definition) is 7. The van der Waals surface area contributed by atoms with Crippen LogP contribution in [-0.4, -0.2) is 31.4 Å². The molecule has 0 spiro atoms. The van der Waals surface area contributed by atoms with Gasteiger partial charge in [-0.25, -0.2) is 9.59 Å². The maximum atomic E-state index is 12.5. The molecule has 3 rings (SSSR count). The normalized spacial score (nSPS) is 11.9. The molecule has 29 heavy (non-hydrogen) atoms. The lowest BCUT2D eigenvalue weighted by Gasteiger charge is -2.11. The molecular formula is C22H22O7. The molecule has 0 aliphatic carbocycles. The minimum absolute atomic E-state index is 0.208. The molecule has 2 aromatic carbocycles. The molecule has 7 nitrogen and oxygen atoms in total. The lowest BCUT2D eigenvalue weighted by atomic mass is 10.0. The quantitative estimate of drug-likeness (QED) is 0.387. The predicted molar refractivity (Wildman–Crippen MR) is 107 cm³/mol. The third-order valence-electron chi connectivity index (χ3n) is 4.59. The smallest absolute Gasteiger partial charge is 0.343 e. The molecule has 0 fully saturated rings. The van der Waals surface area contributed by atoms with Crippen LogP contribution in [-0.2, 0) is 6.42 Å². The Balaban J connectivity index is 1.91. The van der Waals surface area contributed by atoms with Crippen LogP contribution >= 0.6 is 0 Å². The average Bonchev–Trinajstić information content (AvgIpc) is 2.70. The van der Waals surface area contributed by atoms with Crippen molar-refractivity contribution in [3.05, 3.63) is 63.5 Å². The van der Waals surface area contributed by atoms with Crippen molar-refractivity contribution in [3.63, 3.8) is 0 Å². The number of methoxy groups -OCH3 is 2. The Morgan fingerprint density at radius 1 is 1.10 bits per heavy atom. The van der Waals surface area contributed by atoms with Crippen molar-refractivity contribution in [3.8, 4) is 17.2 Å². The summed E-state index contributed by atoms with van der Waals surface area (Å²) in [6, 6.07) is 9.54. The van der Waals surface area contributed by atoms with Crippen molar-refractivity contribution in [2.75, 3.05) is 14.2 Å². The van der Waals surface area contributed by atoms with Gasteiger partial charge in [0, 0.05) is 23.4 Å². The first kappa shape index (κ1) is 20.4. The molecule has 0 aliphatic heterocycles. The van der Waals surface area contributed by atoms with Crippen LogP contribution in [0.4, 0.5) is 0 Å². The topological polar surface area (TPSA) is 95.2 Å². The maximum absolute atomic E-state index is 12.5. The largest absolute Gasteiger partial charge is 0.493 e. The molecule has 0 saturated carbocycles. The fraction of sp³-hybridized carbons (Fsp3) is 0.273. The average molecular weight is 398 g/mol. The van der Waals surface area contributed by atoms with Crippen LogP contribution in [0.15, 0.2) is 45.6 Å². The molecule has 1 N–H and O–H groups in total. The minimum Gasteiger partial charge on any atom is -0.493 e. The number of ether oxygens (including phenoxy) is 3. The lowest BCUT2D eigenvalue weighted by Crippen LogP contribution is -2.16. The van der Waals surface area contributed by atoms with Crippen LogP contribution < -0.4 is 19.8 Å². The number of carbonyl (C=O) groups is 1. The zero-order chi connectivity index (χ0) is 21.1. The van der Waals surface area contributed by atoms with Gasteiger partial charge in [0.05, 0.1) is 25.9 Å². The van der Waals surface area contributed by atoms with E-state index in [9.17, 15) is 14.7 Å². The van der Waals surface area contributed by atoms with E-state index in [1.54, 1.807) is 38.1 Å². The van der Waals surface area contributed by atoms with E-state index in [0.29, 0.717) is 28.0 Å². The number of aliphatic hydroxyl groups is 1. The van der Waals surface area contributed by atoms with Gasteiger partial charge in [0.2, 0.25) is 0 Å². The molecule has 0 unspecified atom stereocenters. The third kappa shape index (κ3) is 4.25. The molecule has 0 aliphatic rings. The van der Waals surface area contributed by atoms with Gasteiger partial charge in [-0.3, -0.25) is 0 Å².